The third-order valence-corrected chi connectivity index (χ3v) is 5.78. The topological polar surface area (TPSA) is 42.4 Å². The summed E-state index contributed by atoms with van der Waals surface area (Å²) in [7, 11) is 0. The van der Waals surface area contributed by atoms with Crippen LogP contribution < -0.4 is 4.74 Å². The molecule has 24 heavy (non-hydrogen) atoms. The Balaban J connectivity index is 1.46. The van der Waals surface area contributed by atoms with Crippen LogP contribution in [0.2, 0.25) is 0 Å². The molecular weight excluding hydrogens is 388 g/mol. The summed E-state index contributed by atoms with van der Waals surface area (Å²) in [4.78, 5) is 19.6. The number of hydrogen-bond acceptors (Lipinski definition) is 4. The minimum Gasteiger partial charge on any atom is -0.472 e. The number of amides is 1. The second-order valence-corrected chi connectivity index (χ2v) is 7.66. The molecule has 0 N–H and O–H groups in total. The molecule has 0 radical (unpaired) electrons. The van der Waals surface area contributed by atoms with Crippen LogP contribution in [0.4, 0.5) is 0 Å². The molecule has 122 valence electrons. The zero-order chi connectivity index (χ0) is 16.5. The number of thiophene rings is 1. The quantitative estimate of drug-likeness (QED) is 0.653. The maximum Gasteiger partial charge on any atom is 0.264 e. The highest BCUT2D eigenvalue weighted by atomic mass is 79.9. The summed E-state index contributed by atoms with van der Waals surface area (Å²) in [6.45, 7) is 1.30. The molecule has 1 aliphatic heterocycles. The van der Waals surface area contributed by atoms with E-state index in [1.165, 1.54) is 0 Å². The fourth-order valence-corrected chi connectivity index (χ4v) is 4.25. The van der Waals surface area contributed by atoms with Crippen LogP contribution in [0.3, 0.4) is 0 Å². The molecule has 1 saturated heterocycles. The van der Waals surface area contributed by atoms with Crippen LogP contribution in [0.15, 0.2) is 53.1 Å². The maximum absolute atomic E-state index is 12.7. The molecule has 4 rings (SSSR count). The Morgan fingerprint density at radius 1 is 1.29 bits per heavy atom. The number of carbonyl (C=O) groups excluding carboxylic acids is 1. The van der Waals surface area contributed by atoms with Crippen LogP contribution in [-0.4, -0.2) is 35.0 Å². The number of likely N-dealkylation sites (tertiary alicyclic amines) is 1. The van der Waals surface area contributed by atoms with Crippen molar-refractivity contribution >= 4 is 43.3 Å². The van der Waals surface area contributed by atoms with Crippen molar-refractivity contribution in [2.45, 2.75) is 12.5 Å². The molecule has 0 spiro atoms. The highest BCUT2D eigenvalue weighted by molar-refractivity contribution is 9.10. The molecule has 1 aromatic carbocycles. The first-order chi connectivity index (χ1) is 11.7. The molecule has 4 nitrogen and oxygen atoms in total. The van der Waals surface area contributed by atoms with Crippen LogP contribution in [-0.2, 0) is 0 Å². The third kappa shape index (κ3) is 3.03. The third-order valence-electron chi connectivity index (χ3n) is 4.07. The highest BCUT2D eigenvalue weighted by Crippen LogP contribution is 2.28. The largest absolute Gasteiger partial charge is 0.472 e. The number of hydrogen-bond donors (Lipinski definition) is 0. The summed E-state index contributed by atoms with van der Waals surface area (Å²) in [6.07, 6.45) is 2.50. The number of nitrogens with zero attached hydrogens (tertiary/aromatic N) is 2. The van der Waals surface area contributed by atoms with Gasteiger partial charge in [0, 0.05) is 23.9 Å². The van der Waals surface area contributed by atoms with E-state index in [-0.39, 0.29) is 12.0 Å². The van der Waals surface area contributed by atoms with Crippen LogP contribution >= 0.6 is 27.3 Å². The lowest BCUT2D eigenvalue weighted by Crippen LogP contribution is -2.30. The van der Waals surface area contributed by atoms with Gasteiger partial charge in [-0.3, -0.25) is 4.79 Å². The zero-order valence-corrected chi connectivity index (χ0v) is 15.2. The summed E-state index contributed by atoms with van der Waals surface area (Å²) in [5.74, 6) is 0.668. The number of rotatable bonds is 3. The first-order valence-corrected chi connectivity index (χ1v) is 9.37. The van der Waals surface area contributed by atoms with Crippen molar-refractivity contribution < 1.29 is 9.53 Å². The first-order valence-electron chi connectivity index (χ1n) is 7.76. The lowest BCUT2D eigenvalue weighted by molar-refractivity contribution is 0.0776. The van der Waals surface area contributed by atoms with E-state index in [4.69, 9.17) is 4.74 Å². The number of carbonyl (C=O) groups is 1. The number of fused-ring (bicyclic) bond motifs is 1. The summed E-state index contributed by atoms with van der Waals surface area (Å²) < 4.78 is 7.91. The lowest BCUT2D eigenvalue weighted by atomic mass is 10.2. The molecule has 0 bridgehead atoms. The second-order valence-electron chi connectivity index (χ2n) is 5.72. The minimum absolute atomic E-state index is 0.0190. The fraction of sp³-hybridized carbons (Fsp3) is 0.222. The van der Waals surface area contributed by atoms with Gasteiger partial charge in [0.05, 0.1) is 15.9 Å². The van der Waals surface area contributed by atoms with Gasteiger partial charge in [0.15, 0.2) is 0 Å². The first kappa shape index (κ1) is 15.6. The number of halogens is 1. The maximum atomic E-state index is 12.7. The van der Waals surface area contributed by atoms with Crippen LogP contribution in [0.5, 0.6) is 5.88 Å². The standard InChI is InChI=1S/C18H15BrN2O2S/c19-14-5-3-8-20-17(14)23-13-7-9-21(11-13)18(22)16-10-12-4-1-2-6-15(12)24-16/h1-6,8,10,13H,7,9,11H2/t13-/m1/s1. The second kappa shape index (κ2) is 6.53. The predicted molar refractivity (Wildman–Crippen MR) is 98.7 cm³/mol. The Kier molecular flexibility index (Phi) is 4.24. The van der Waals surface area contributed by atoms with E-state index >= 15 is 0 Å². The van der Waals surface area contributed by atoms with Crippen molar-refractivity contribution in [3.05, 3.63) is 58.0 Å². The SMILES string of the molecule is O=C(c1cc2ccccc2s1)N1CC[C@@H](Oc2ncccc2Br)C1. The van der Waals surface area contributed by atoms with E-state index in [9.17, 15) is 4.79 Å². The Labute approximate surface area is 152 Å². The van der Waals surface area contributed by atoms with Gasteiger partial charge in [-0.05, 0) is 45.6 Å². The van der Waals surface area contributed by atoms with E-state index in [1.54, 1.807) is 17.5 Å². The molecule has 0 saturated carbocycles. The van der Waals surface area contributed by atoms with E-state index in [1.807, 2.05) is 47.4 Å². The molecule has 3 aromatic rings. The van der Waals surface area contributed by atoms with Gasteiger partial charge in [0.25, 0.3) is 5.91 Å². The smallest absolute Gasteiger partial charge is 0.264 e. The van der Waals surface area contributed by atoms with Gasteiger partial charge in [-0.1, -0.05) is 18.2 Å². The number of benzene rings is 1. The number of pyridine rings is 1. The monoisotopic (exact) mass is 402 g/mol. The number of ether oxygens (including phenoxy) is 1. The van der Waals surface area contributed by atoms with Crippen molar-refractivity contribution in [2.24, 2.45) is 0 Å². The van der Waals surface area contributed by atoms with Gasteiger partial charge in [-0.15, -0.1) is 11.3 Å². The molecule has 6 heteroatoms. The van der Waals surface area contributed by atoms with Gasteiger partial charge < -0.3 is 9.64 Å². The van der Waals surface area contributed by atoms with E-state index < -0.39 is 0 Å². The summed E-state index contributed by atoms with van der Waals surface area (Å²) in [6, 6.07) is 13.8. The summed E-state index contributed by atoms with van der Waals surface area (Å²) in [5.41, 5.74) is 0. The Morgan fingerprint density at radius 2 is 2.17 bits per heavy atom. The van der Waals surface area contributed by atoms with E-state index in [0.717, 1.165) is 25.9 Å². The normalized spacial score (nSPS) is 17.4. The highest BCUT2D eigenvalue weighted by Gasteiger charge is 2.29. The molecule has 0 unspecified atom stereocenters. The molecule has 1 amide bonds. The van der Waals surface area contributed by atoms with Gasteiger partial charge in [0.2, 0.25) is 5.88 Å². The van der Waals surface area contributed by atoms with E-state index in [0.29, 0.717) is 19.0 Å². The van der Waals surface area contributed by atoms with Crippen molar-refractivity contribution in [3.8, 4) is 5.88 Å². The fourth-order valence-electron chi connectivity index (χ4n) is 2.87. The molecule has 1 aliphatic rings. The van der Waals surface area contributed by atoms with E-state index in [2.05, 4.69) is 20.9 Å². The Morgan fingerprint density at radius 3 is 3.00 bits per heavy atom. The minimum atomic E-state index is -0.0190. The van der Waals surface area contributed by atoms with Gasteiger partial charge in [-0.2, -0.15) is 0 Å². The van der Waals surface area contributed by atoms with Crippen LogP contribution in [0.1, 0.15) is 16.1 Å². The molecule has 0 aliphatic carbocycles. The molecule has 3 heterocycles. The van der Waals surface area contributed by atoms with Gasteiger partial charge >= 0.3 is 0 Å². The molecule has 2 aromatic heterocycles. The van der Waals surface area contributed by atoms with Crippen molar-refractivity contribution in [1.29, 1.82) is 0 Å². The average Bonchev–Trinajstić information content (AvgIpc) is 3.23. The summed E-state index contributed by atoms with van der Waals surface area (Å²) >= 11 is 4.99. The van der Waals surface area contributed by atoms with Crippen LogP contribution in [0, 0.1) is 0 Å². The predicted octanol–water partition coefficient (Wildman–Crippen LogP) is 4.35. The zero-order valence-electron chi connectivity index (χ0n) is 12.8. The van der Waals surface area contributed by atoms with Crippen molar-refractivity contribution in [2.75, 3.05) is 13.1 Å². The molecule has 1 fully saturated rings. The Bertz CT molecular complexity index is 862. The van der Waals surface area contributed by atoms with Crippen molar-refractivity contribution in [1.82, 2.24) is 9.88 Å². The molecular formula is C18H15BrN2O2S. The van der Waals surface area contributed by atoms with Crippen LogP contribution in [0.25, 0.3) is 10.1 Å². The average molecular weight is 403 g/mol. The molecule has 1 atom stereocenters. The van der Waals surface area contributed by atoms with Gasteiger partial charge in [0.1, 0.15) is 6.10 Å². The number of aromatic nitrogens is 1. The van der Waals surface area contributed by atoms with Crippen molar-refractivity contribution in [3.63, 3.8) is 0 Å². The Hall–Kier alpha value is -1.92. The summed E-state index contributed by atoms with van der Waals surface area (Å²) in [5, 5.41) is 1.12. The lowest BCUT2D eigenvalue weighted by Gasteiger charge is -2.16. The van der Waals surface area contributed by atoms with Gasteiger partial charge in [-0.25, -0.2) is 4.98 Å².